The summed E-state index contributed by atoms with van der Waals surface area (Å²) in [5.74, 6) is 0. The SMILES string of the molecule is CCCCP(CCCC)CCCC.CCCCP(CCCC)CCCC.CCCCP(CCCC)CCCC.CCCCP(CCCC)CCCC.[Cl-].[Cl-].[Pd+2].[Pd+2].[Se-]c1ccc(-c2ccc([Se-])cc2)cc1. The fourth-order valence-corrected chi connectivity index (χ4v) is 19.6. The van der Waals surface area contributed by atoms with Crippen LogP contribution in [0.2, 0.25) is 0 Å². The third-order valence-corrected chi connectivity index (χ3v) is 24.5. The summed E-state index contributed by atoms with van der Waals surface area (Å²) in [7, 11) is 1.69. The molecule has 10 heteroatoms. The Morgan fingerprint density at radius 3 is 0.457 bits per heavy atom. The molecule has 0 aliphatic heterocycles. The van der Waals surface area contributed by atoms with E-state index < -0.39 is 0 Å². The van der Waals surface area contributed by atoms with E-state index in [1.165, 1.54) is 174 Å². The predicted molar refractivity (Wildman–Crippen MR) is 328 cm³/mol. The van der Waals surface area contributed by atoms with Gasteiger partial charge in [0.2, 0.25) is 0 Å². The first-order chi connectivity index (χ1) is 32.1. The Labute approximate surface area is 504 Å². The van der Waals surface area contributed by atoms with Gasteiger partial charge in [-0.05, 0) is 151 Å². The van der Waals surface area contributed by atoms with E-state index >= 15 is 0 Å². The topological polar surface area (TPSA) is 0 Å². The number of hydrogen-bond acceptors (Lipinski definition) is 0. The van der Waals surface area contributed by atoms with Crippen LogP contribution >= 0.6 is 31.7 Å². The van der Waals surface area contributed by atoms with E-state index in [9.17, 15) is 0 Å². The van der Waals surface area contributed by atoms with Gasteiger partial charge < -0.3 is 24.8 Å². The Bertz CT molecular complexity index is 971. The summed E-state index contributed by atoms with van der Waals surface area (Å²) in [6.07, 6.45) is 52.9. The first-order valence-corrected chi connectivity index (χ1v) is 37.9. The summed E-state index contributed by atoms with van der Waals surface area (Å²) in [4.78, 5) is 0. The molecule has 0 aromatic heterocycles. The van der Waals surface area contributed by atoms with Crippen molar-refractivity contribution in [2.24, 2.45) is 0 Å². The zero-order chi connectivity index (χ0) is 49.7. The fourth-order valence-electron chi connectivity index (χ4n) is 7.22. The van der Waals surface area contributed by atoms with Crippen LogP contribution in [0.5, 0.6) is 0 Å². The molecule has 70 heavy (non-hydrogen) atoms. The van der Waals surface area contributed by atoms with Crippen LogP contribution in [0.25, 0.3) is 11.1 Å². The molecule has 2 aromatic rings. The van der Waals surface area contributed by atoms with Gasteiger partial charge in [0.15, 0.2) is 0 Å². The average Bonchev–Trinajstić information content (AvgIpc) is 3.34. The summed E-state index contributed by atoms with van der Waals surface area (Å²) in [5, 5.41) is 0. The van der Waals surface area contributed by atoms with Crippen molar-refractivity contribution in [2.45, 2.75) is 237 Å². The Morgan fingerprint density at radius 1 is 0.243 bits per heavy atom. The molecule has 0 N–H and O–H groups in total. The van der Waals surface area contributed by atoms with E-state index in [0.717, 1.165) is 0 Å². The molecule has 0 unspecified atom stereocenters. The Morgan fingerprint density at radius 2 is 0.357 bits per heavy atom. The second-order valence-corrected chi connectivity index (χ2v) is 31.4. The maximum absolute atomic E-state index is 2.98. The first-order valence-electron chi connectivity index (χ1n) is 28.6. The number of benzene rings is 2. The van der Waals surface area contributed by atoms with Crippen molar-refractivity contribution in [1.29, 1.82) is 0 Å². The molecule has 0 aliphatic rings. The molecule has 0 atom stereocenters. The summed E-state index contributed by atoms with van der Waals surface area (Å²) in [5.41, 5.74) is 2.51. The van der Waals surface area contributed by atoms with E-state index in [1.807, 2.05) is 0 Å². The van der Waals surface area contributed by atoms with E-state index in [0.29, 0.717) is 31.7 Å². The monoisotopic (exact) mass is 1400 g/mol. The van der Waals surface area contributed by atoms with Gasteiger partial charge in [-0.15, -0.1) is 31.7 Å². The van der Waals surface area contributed by atoms with Gasteiger partial charge in [-0.2, -0.15) is 0 Å². The Hall–Kier alpha value is 3.10. The van der Waals surface area contributed by atoms with Crippen molar-refractivity contribution in [3.63, 3.8) is 0 Å². The zero-order valence-electron chi connectivity index (χ0n) is 48.1. The van der Waals surface area contributed by atoms with Gasteiger partial charge in [-0.3, -0.25) is 0 Å². The number of unbranched alkanes of at least 4 members (excludes halogenated alkanes) is 12. The average molecular weight is 1400 g/mol. The number of halogens is 2. The number of hydrogen-bond donors (Lipinski definition) is 0. The van der Waals surface area contributed by atoms with Crippen LogP contribution in [0.4, 0.5) is 0 Å². The molecular formula is C60H116Cl2P4Pd2Se2. The van der Waals surface area contributed by atoms with Crippen LogP contribution in [0.1, 0.15) is 237 Å². The molecule has 0 spiro atoms. The standard InChI is InChI=1S/4C12H27P.C12H10Se2.2ClH.2Pd/c4*1-4-7-10-13(11-8-5-2)12-9-6-3;13-11-5-1-9(2-6-11)10-3-7-12(14)8-4-10;;;;/h4*4-12H2,1-3H3;1-8,13-14H;2*1H;;/q;;;;;;;2*+2/p-4. The minimum atomic E-state index is 0. The molecule has 0 saturated carbocycles. The van der Waals surface area contributed by atoms with Crippen molar-refractivity contribution in [2.75, 3.05) is 73.9 Å². The summed E-state index contributed by atoms with van der Waals surface area (Å²) in [6.45, 7) is 27.8. The predicted octanol–water partition coefficient (Wildman–Crippen LogP) is 14.4. The van der Waals surface area contributed by atoms with Crippen molar-refractivity contribution in [1.82, 2.24) is 0 Å². The van der Waals surface area contributed by atoms with Gasteiger partial charge in [-0.25, -0.2) is 0 Å². The van der Waals surface area contributed by atoms with Gasteiger partial charge in [0.05, 0.1) is 0 Å². The van der Waals surface area contributed by atoms with Crippen LogP contribution in [0.15, 0.2) is 48.5 Å². The summed E-state index contributed by atoms with van der Waals surface area (Å²) >= 11 is 5.97. The molecule has 0 nitrogen and oxygen atoms in total. The molecule has 0 amide bonds. The molecule has 0 aliphatic carbocycles. The van der Waals surface area contributed by atoms with Crippen LogP contribution in [-0.4, -0.2) is 106 Å². The van der Waals surface area contributed by atoms with Crippen LogP contribution in [0, 0.1) is 0 Å². The molecular weight excluding hydrogens is 1290 g/mol. The molecule has 0 heterocycles. The molecule has 0 fully saturated rings. The normalized spacial score (nSPS) is 10.2. The molecule has 0 saturated heterocycles. The van der Waals surface area contributed by atoms with Crippen molar-refractivity contribution in [3.05, 3.63) is 48.5 Å². The van der Waals surface area contributed by atoms with E-state index in [4.69, 9.17) is 0 Å². The zero-order valence-corrected chi connectivity index (χ0v) is 59.7. The third-order valence-electron chi connectivity index (χ3n) is 12.0. The Balaban J connectivity index is -0.000000140. The molecule has 2 rings (SSSR count). The van der Waals surface area contributed by atoms with Gasteiger partial charge in [-0.1, -0.05) is 160 Å². The fraction of sp³-hybridized carbons (Fsp3) is 0.800. The van der Waals surface area contributed by atoms with Crippen molar-refractivity contribution in [3.8, 4) is 11.1 Å². The first kappa shape index (κ1) is 87.0. The maximum atomic E-state index is 2.98. The van der Waals surface area contributed by atoms with Gasteiger partial charge in [0, 0.05) is 0 Å². The summed E-state index contributed by atoms with van der Waals surface area (Å²) < 4.78 is 2.35. The van der Waals surface area contributed by atoms with Crippen molar-refractivity contribution >= 4 is 72.6 Å². The van der Waals surface area contributed by atoms with E-state index in [1.54, 1.807) is 73.9 Å². The number of rotatable bonds is 37. The van der Waals surface area contributed by atoms with Gasteiger partial charge in [0.25, 0.3) is 0 Å². The second kappa shape index (κ2) is 72.1. The van der Waals surface area contributed by atoms with Crippen molar-refractivity contribution < 1.29 is 65.7 Å². The van der Waals surface area contributed by atoms with E-state index in [2.05, 4.69) is 164 Å². The second-order valence-electron chi connectivity index (χ2n) is 18.7. The molecule has 0 radical (unpaired) electrons. The van der Waals surface area contributed by atoms with E-state index in [-0.39, 0.29) is 65.7 Å². The van der Waals surface area contributed by atoms with Gasteiger partial charge >= 0.3 is 141 Å². The molecule has 0 bridgehead atoms. The third kappa shape index (κ3) is 62.0. The van der Waals surface area contributed by atoms with Crippen LogP contribution < -0.4 is 33.7 Å². The minimum absolute atomic E-state index is 0. The van der Waals surface area contributed by atoms with Crippen LogP contribution in [-0.2, 0) is 40.8 Å². The van der Waals surface area contributed by atoms with Gasteiger partial charge in [0.1, 0.15) is 0 Å². The Kier molecular flexibility index (Phi) is 89.6. The van der Waals surface area contributed by atoms with Crippen LogP contribution in [0.3, 0.4) is 0 Å². The summed E-state index contributed by atoms with van der Waals surface area (Å²) in [6, 6.07) is 16.8. The molecule has 422 valence electrons. The quantitative estimate of drug-likeness (QED) is 0.0467. The molecule has 2 aromatic carbocycles.